The van der Waals surface area contributed by atoms with E-state index in [0.717, 1.165) is 12.6 Å². The number of nitrogens with one attached hydrogen (secondary N) is 1. The van der Waals surface area contributed by atoms with Gasteiger partial charge >= 0.3 is 0 Å². The second-order valence-corrected chi connectivity index (χ2v) is 3.01. The average Bonchev–Trinajstić information content (AvgIpc) is 2.20. The van der Waals surface area contributed by atoms with Crippen molar-refractivity contribution in [3.63, 3.8) is 0 Å². The zero-order chi connectivity index (χ0) is 11.3. The first-order valence-corrected chi connectivity index (χ1v) is 4.53. The highest BCUT2D eigenvalue weighted by Gasteiger charge is 2.04. The van der Waals surface area contributed by atoms with Crippen LogP contribution in [0.3, 0.4) is 0 Å². The highest BCUT2D eigenvalue weighted by molar-refractivity contribution is 5.49. The summed E-state index contributed by atoms with van der Waals surface area (Å²) < 4.78 is 25.9. The molecule has 0 unspecified atom stereocenters. The lowest BCUT2D eigenvalue weighted by Crippen LogP contribution is -2.05. The van der Waals surface area contributed by atoms with Crippen LogP contribution in [0.5, 0.6) is 0 Å². The molecule has 0 saturated carbocycles. The fourth-order valence-corrected chi connectivity index (χ4v) is 1.01. The number of nitrogens with two attached hydrogens (primary N) is 1. The zero-order valence-corrected chi connectivity index (χ0v) is 8.40. The second-order valence-electron chi connectivity index (χ2n) is 3.01. The summed E-state index contributed by atoms with van der Waals surface area (Å²) >= 11 is 0. The largest absolute Gasteiger partial charge is 0.396 e. The third-order valence-electron chi connectivity index (χ3n) is 1.81. The van der Waals surface area contributed by atoms with Crippen molar-refractivity contribution >= 4 is 5.69 Å². The van der Waals surface area contributed by atoms with Crippen LogP contribution in [-0.2, 0) is 0 Å². The molecule has 2 nitrogen and oxygen atoms in total. The van der Waals surface area contributed by atoms with Crippen LogP contribution in [0.15, 0.2) is 12.1 Å². The van der Waals surface area contributed by atoms with Gasteiger partial charge in [-0.05, 0) is 13.1 Å². The molecule has 15 heavy (non-hydrogen) atoms. The van der Waals surface area contributed by atoms with Crippen LogP contribution in [0.4, 0.5) is 14.5 Å². The quantitative estimate of drug-likeness (QED) is 0.441. The molecule has 0 radical (unpaired) electrons. The van der Waals surface area contributed by atoms with E-state index in [-0.39, 0.29) is 11.3 Å². The van der Waals surface area contributed by atoms with Gasteiger partial charge in [0.1, 0.15) is 11.6 Å². The van der Waals surface area contributed by atoms with Crippen molar-refractivity contribution in [2.24, 2.45) is 0 Å². The minimum Gasteiger partial charge on any atom is -0.396 e. The Labute approximate surface area is 87.5 Å². The first kappa shape index (κ1) is 11.5. The molecule has 0 aliphatic heterocycles. The molecule has 3 N–H and O–H groups in total. The lowest BCUT2D eigenvalue weighted by atomic mass is 10.2. The molecule has 0 bridgehead atoms. The van der Waals surface area contributed by atoms with Gasteiger partial charge in [-0.2, -0.15) is 0 Å². The summed E-state index contributed by atoms with van der Waals surface area (Å²) in [5.41, 5.74) is 5.34. The Hall–Kier alpha value is -1.60. The normalized spacial score (nSPS) is 9.53. The van der Waals surface area contributed by atoms with Crippen molar-refractivity contribution in [2.75, 3.05) is 19.3 Å². The van der Waals surface area contributed by atoms with Crippen molar-refractivity contribution in [1.29, 1.82) is 0 Å². The van der Waals surface area contributed by atoms with Gasteiger partial charge < -0.3 is 11.1 Å². The molecule has 0 saturated heterocycles. The summed E-state index contributed by atoms with van der Waals surface area (Å²) in [7, 11) is 1.80. The number of benzene rings is 1. The lowest BCUT2D eigenvalue weighted by molar-refractivity contribution is 0.584. The number of hydrogen-bond donors (Lipinski definition) is 2. The van der Waals surface area contributed by atoms with Gasteiger partial charge in [-0.25, -0.2) is 8.78 Å². The summed E-state index contributed by atoms with van der Waals surface area (Å²) in [6.45, 7) is 0.727. The summed E-state index contributed by atoms with van der Waals surface area (Å²) in [5.74, 6) is 3.93. The van der Waals surface area contributed by atoms with Crippen molar-refractivity contribution in [2.45, 2.75) is 6.42 Å². The molecule has 0 aliphatic carbocycles. The van der Waals surface area contributed by atoms with Gasteiger partial charge in [0.25, 0.3) is 0 Å². The summed E-state index contributed by atoms with van der Waals surface area (Å²) in [5, 5.41) is 2.91. The highest BCUT2D eigenvalue weighted by atomic mass is 19.1. The zero-order valence-electron chi connectivity index (χ0n) is 8.40. The maximum absolute atomic E-state index is 13.1. The van der Waals surface area contributed by atoms with Crippen LogP contribution in [0.2, 0.25) is 0 Å². The predicted molar refractivity (Wildman–Crippen MR) is 56.2 cm³/mol. The first-order valence-electron chi connectivity index (χ1n) is 4.53. The minimum absolute atomic E-state index is 0.0886. The van der Waals surface area contributed by atoms with Crippen LogP contribution in [0.1, 0.15) is 12.0 Å². The van der Waals surface area contributed by atoms with E-state index in [9.17, 15) is 8.78 Å². The third kappa shape index (κ3) is 3.22. The fraction of sp³-hybridized carbons (Fsp3) is 0.273. The van der Waals surface area contributed by atoms with Crippen molar-refractivity contribution < 1.29 is 8.78 Å². The molecule has 0 amide bonds. The number of anilines is 1. The van der Waals surface area contributed by atoms with Crippen LogP contribution in [0, 0.1) is 23.5 Å². The van der Waals surface area contributed by atoms with E-state index in [1.807, 2.05) is 0 Å². The van der Waals surface area contributed by atoms with Crippen molar-refractivity contribution in [3.8, 4) is 11.8 Å². The number of halogens is 2. The Balaban J connectivity index is 2.84. The molecule has 0 heterocycles. The fourth-order valence-electron chi connectivity index (χ4n) is 1.01. The molecule has 4 heteroatoms. The van der Waals surface area contributed by atoms with Gasteiger partial charge in [0.15, 0.2) is 0 Å². The third-order valence-corrected chi connectivity index (χ3v) is 1.81. The second kappa shape index (κ2) is 5.32. The number of hydrogen-bond acceptors (Lipinski definition) is 2. The average molecular weight is 210 g/mol. The molecule has 80 valence electrons. The smallest absolute Gasteiger partial charge is 0.149 e. The molecule has 0 spiro atoms. The van der Waals surface area contributed by atoms with Gasteiger partial charge in [-0.3, -0.25) is 0 Å². The Morgan fingerprint density at radius 3 is 2.73 bits per heavy atom. The van der Waals surface area contributed by atoms with E-state index < -0.39 is 11.6 Å². The van der Waals surface area contributed by atoms with Crippen LogP contribution >= 0.6 is 0 Å². The van der Waals surface area contributed by atoms with E-state index in [0.29, 0.717) is 6.42 Å². The van der Waals surface area contributed by atoms with Crippen molar-refractivity contribution in [1.82, 2.24) is 5.32 Å². The molecule has 1 rings (SSSR count). The molecule has 0 aromatic heterocycles. The standard InChI is InChI=1S/C11H12F2N2/c1-15-5-3-2-4-8-6-11(14)10(13)7-9(8)12/h6-7,15H,3,5,14H2,1H3. The van der Waals surface area contributed by atoms with Gasteiger partial charge in [-0.15, -0.1) is 0 Å². The predicted octanol–water partition coefficient (Wildman–Crippen LogP) is 1.51. The van der Waals surface area contributed by atoms with Crippen LogP contribution in [0.25, 0.3) is 0 Å². The molecular formula is C11H12F2N2. The Kier molecular flexibility index (Phi) is 4.07. The van der Waals surface area contributed by atoms with Crippen LogP contribution < -0.4 is 11.1 Å². The van der Waals surface area contributed by atoms with Gasteiger partial charge in [-0.1, -0.05) is 11.8 Å². The monoisotopic (exact) mass is 210 g/mol. The Bertz CT molecular complexity index is 405. The molecular weight excluding hydrogens is 198 g/mol. The van der Waals surface area contributed by atoms with E-state index in [1.54, 1.807) is 7.05 Å². The van der Waals surface area contributed by atoms with Gasteiger partial charge in [0.05, 0.1) is 11.3 Å². The van der Waals surface area contributed by atoms with E-state index in [2.05, 4.69) is 17.2 Å². The summed E-state index contributed by atoms with van der Waals surface area (Å²) in [4.78, 5) is 0. The SMILES string of the molecule is CNCCC#Cc1cc(N)c(F)cc1F. The molecule has 0 aliphatic rings. The van der Waals surface area contributed by atoms with Gasteiger partial charge in [0, 0.05) is 19.0 Å². The molecule has 1 aromatic carbocycles. The number of rotatable bonds is 2. The highest BCUT2D eigenvalue weighted by Crippen LogP contribution is 2.15. The molecule has 0 fully saturated rings. The Morgan fingerprint density at radius 1 is 1.33 bits per heavy atom. The van der Waals surface area contributed by atoms with Gasteiger partial charge in [0.2, 0.25) is 0 Å². The number of nitrogen functional groups attached to an aromatic ring is 1. The van der Waals surface area contributed by atoms with E-state index in [4.69, 9.17) is 5.73 Å². The van der Waals surface area contributed by atoms with Crippen LogP contribution in [-0.4, -0.2) is 13.6 Å². The van der Waals surface area contributed by atoms with Crippen molar-refractivity contribution in [3.05, 3.63) is 29.3 Å². The topological polar surface area (TPSA) is 38.0 Å². The molecule has 0 atom stereocenters. The Morgan fingerprint density at radius 2 is 2.07 bits per heavy atom. The van der Waals surface area contributed by atoms with E-state index >= 15 is 0 Å². The summed E-state index contributed by atoms with van der Waals surface area (Å²) in [6, 6.07) is 1.95. The lowest BCUT2D eigenvalue weighted by Gasteiger charge is -1.98. The first-order chi connectivity index (χ1) is 7.15. The minimum atomic E-state index is -0.756. The summed E-state index contributed by atoms with van der Waals surface area (Å²) in [6.07, 6.45) is 0.604. The van der Waals surface area contributed by atoms with E-state index in [1.165, 1.54) is 6.07 Å². The maximum Gasteiger partial charge on any atom is 0.149 e. The maximum atomic E-state index is 13.1. The molecule has 1 aromatic rings.